The molecule has 2 rings (SSSR count). The van der Waals surface area contributed by atoms with E-state index in [0.717, 1.165) is 25.0 Å². The first-order valence-corrected chi connectivity index (χ1v) is 6.10. The maximum Gasteiger partial charge on any atom is 0.118 e. The number of hydrogen-bond donors (Lipinski definition) is 1. The van der Waals surface area contributed by atoms with Gasteiger partial charge in [0.1, 0.15) is 5.75 Å². The van der Waals surface area contributed by atoms with E-state index < -0.39 is 0 Å². The van der Waals surface area contributed by atoms with Crippen molar-refractivity contribution >= 4 is 0 Å². The molecule has 0 aliphatic heterocycles. The number of rotatable bonds is 3. The van der Waals surface area contributed by atoms with E-state index in [1.807, 2.05) is 12.1 Å². The molecule has 0 unspecified atom stereocenters. The third-order valence-corrected chi connectivity index (χ3v) is 3.53. The summed E-state index contributed by atoms with van der Waals surface area (Å²) < 4.78 is 5.13. The zero-order valence-electron chi connectivity index (χ0n) is 9.86. The molecule has 2 nitrogen and oxygen atoms in total. The predicted octanol–water partition coefficient (Wildman–Crippen LogP) is 2.79. The molecule has 2 atom stereocenters. The van der Waals surface area contributed by atoms with E-state index in [2.05, 4.69) is 12.1 Å². The van der Waals surface area contributed by atoms with Crippen LogP contribution in [0.2, 0.25) is 0 Å². The number of aliphatic hydroxyl groups excluding tert-OH is 1. The van der Waals surface area contributed by atoms with Crippen molar-refractivity contribution in [2.45, 2.75) is 38.2 Å². The van der Waals surface area contributed by atoms with Crippen LogP contribution in [0.5, 0.6) is 5.75 Å². The molecular weight excluding hydrogens is 200 g/mol. The van der Waals surface area contributed by atoms with Gasteiger partial charge in [0, 0.05) is 0 Å². The molecule has 0 radical (unpaired) electrons. The van der Waals surface area contributed by atoms with E-state index in [4.69, 9.17) is 4.74 Å². The SMILES string of the molecule is COc1ccc(C[C@H]2CCCC[C@H]2O)cc1. The molecule has 1 saturated carbocycles. The van der Waals surface area contributed by atoms with Gasteiger partial charge < -0.3 is 9.84 Å². The lowest BCUT2D eigenvalue weighted by molar-refractivity contribution is 0.0700. The Hall–Kier alpha value is -1.02. The molecule has 0 bridgehead atoms. The van der Waals surface area contributed by atoms with Gasteiger partial charge in [-0.1, -0.05) is 25.0 Å². The molecular formula is C14H20O2. The smallest absolute Gasteiger partial charge is 0.118 e. The molecule has 1 aliphatic carbocycles. The molecule has 1 aliphatic rings. The lowest BCUT2D eigenvalue weighted by Gasteiger charge is -2.27. The minimum atomic E-state index is -0.101. The van der Waals surface area contributed by atoms with E-state index in [1.165, 1.54) is 18.4 Å². The zero-order chi connectivity index (χ0) is 11.4. The molecule has 0 aromatic heterocycles. The standard InChI is InChI=1S/C14H20O2/c1-16-13-8-6-11(7-9-13)10-12-4-2-3-5-14(12)15/h6-9,12,14-15H,2-5,10H2,1H3/t12-,14-/m1/s1. The third-order valence-electron chi connectivity index (χ3n) is 3.53. The first kappa shape index (κ1) is 11.5. The van der Waals surface area contributed by atoms with Crippen LogP contribution in [0.25, 0.3) is 0 Å². The molecule has 0 spiro atoms. The second-order valence-electron chi connectivity index (χ2n) is 4.66. The largest absolute Gasteiger partial charge is 0.497 e. The van der Waals surface area contributed by atoms with Crippen LogP contribution in [0.3, 0.4) is 0 Å². The fourth-order valence-electron chi connectivity index (χ4n) is 2.49. The summed E-state index contributed by atoms with van der Waals surface area (Å²) in [6, 6.07) is 8.18. The van der Waals surface area contributed by atoms with E-state index in [9.17, 15) is 5.11 Å². The van der Waals surface area contributed by atoms with Gasteiger partial charge in [0.05, 0.1) is 13.2 Å². The Balaban J connectivity index is 1.96. The second kappa shape index (κ2) is 5.35. The van der Waals surface area contributed by atoms with E-state index >= 15 is 0 Å². The summed E-state index contributed by atoms with van der Waals surface area (Å²) in [5.74, 6) is 1.34. The Morgan fingerprint density at radius 3 is 2.50 bits per heavy atom. The van der Waals surface area contributed by atoms with Gasteiger partial charge in [0.25, 0.3) is 0 Å². The summed E-state index contributed by atoms with van der Waals surface area (Å²) in [5, 5.41) is 9.91. The third kappa shape index (κ3) is 2.76. The Kier molecular flexibility index (Phi) is 3.83. The van der Waals surface area contributed by atoms with E-state index in [1.54, 1.807) is 7.11 Å². The molecule has 88 valence electrons. The van der Waals surface area contributed by atoms with Gasteiger partial charge in [-0.05, 0) is 42.9 Å². The van der Waals surface area contributed by atoms with Crippen molar-refractivity contribution in [3.05, 3.63) is 29.8 Å². The lowest BCUT2D eigenvalue weighted by Crippen LogP contribution is -2.26. The number of methoxy groups -OCH3 is 1. The Labute approximate surface area is 97.3 Å². The molecule has 0 amide bonds. The second-order valence-corrected chi connectivity index (χ2v) is 4.66. The van der Waals surface area contributed by atoms with E-state index in [0.29, 0.717) is 5.92 Å². The summed E-state index contributed by atoms with van der Waals surface area (Å²) in [6.45, 7) is 0. The minimum Gasteiger partial charge on any atom is -0.497 e. The van der Waals surface area contributed by atoms with Crippen LogP contribution in [-0.4, -0.2) is 18.3 Å². The molecule has 16 heavy (non-hydrogen) atoms. The summed E-state index contributed by atoms with van der Waals surface area (Å²) in [7, 11) is 1.68. The highest BCUT2D eigenvalue weighted by molar-refractivity contribution is 5.27. The van der Waals surface area contributed by atoms with Crippen LogP contribution in [0, 0.1) is 5.92 Å². The Morgan fingerprint density at radius 2 is 1.88 bits per heavy atom. The van der Waals surface area contributed by atoms with Crippen LogP contribution in [0.1, 0.15) is 31.2 Å². The van der Waals surface area contributed by atoms with Crippen LogP contribution in [0.15, 0.2) is 24.3 Å². The number of benzene rings is 1. The van der Waals surface area contributed by atoms with Gasteiger partial charge in [0.15, 0.2) is 0 Å². The molecule has 2 heteroatoms. The van der Waals surface area contributed by atoms with Crippen molar-refractivity contribution in [1.29, 1.82) is 0 Å². The first-order chi connectivity index (χ1) is 7.79. The van der Waals surface area contributed by atoms with Gasteiger partial charge in [0.2, 0.25) is 0 Å². The summed E-state index contributed by atoms with van der Waals surface area (Å²) >= 11 is 0. The van der Waals surface area contributed by atoms with Crippen molar-refractivity contribution in [2.24, 2.45) is 5.92 Å². The normalized spacial score (nSPS) is 25.4. The maximum atomic E-state index is 9.91. The van der Waals surface area contributed by atoms with E-state index in [-0.39, 0.29) is 6.10 Å². The molecule has 1 aromatic rings. The summed E-state index contributed by atoms with van der Waals surface area (Å²) in [6.07, 6.45) is 5.47. The molecule has 0 saturated heterocycles. The van der Waals surface area contributed by atoms with Crippen molar-refractivity contribution in [1.82, 2.24) is 0 Å². The van der Waals surface area contributed by atoms with Gasteiger partial charge >= 0.3 is 0 Å². The van der Waals surface area contributed by atoms with Crippen LogP contribution < -0.4 is 4.74 Å². The predicted molar refractivity (Wildman–Crippen MR) is 64.7 cm³/mol. The highest BCUT2D eigenvalue weighted by atomic mass is 16.5. The average molecular weight is 220 g/mol. The topological polar surface area (TPSA) is 29.5 Å². The highest BCUT2D eigenvalue weighted by Gasteiger charge is 2.22. The van der Waals surface area contributed by atoms with Crippen molar-refractivity contribution in [3.63, 3.8) is 0 Å². The fraction of sp³-hybridized carbons (Fsp3) is 0.571. The highest BCUT2D eigenvalue weighted by Crippen LogP contribution is 2.27. The van der Waals surface area contributed by atoms with Crippen LogP contribution in [0.4, 0.5) is 0 Å². The number of hydrogen-bond acceptors (Lipinski definition) is 2. The molecule has 1 fully saturated rings. The quantitative estimate of drug-likeness (QED) is 0.848. The zero-order valence-corrected chi connectivity index (χ0v) is 9.86. The van der Waals surface area contributed by atoms with Crippen molar-refractivity contribution < 1.29 is 9.84 Å². The van der Waals surface area contributed by atoms with Crippen LogP contribution >= 0.6 is 0 Å². The first-order valence-electron chi connectivity index (χ1n) is 6.10. The monoisotopic (exact) mass is 220 g/mol. The van der Waals surface area contributed by atoms with Crippen molar-refractivity contribution in [3.8, 4) is 5.75 Å². The van der Waals surface area contributed by atoms with Gasteiger partial charge in [-0.2, -0.15) is 0 Å². The number of ether oxygens (including phenoxy) is 1. The van der Waals surface area contributed by atoms with Gasteiger partial charge in [-0.15, -0.1) is 0 Å². The summed E-state index contributed by atoms with van der Waals surface area (Å²) in [4.78, 5) is 0. The van der Waals surface area contributed by atoms with Crippen molar-refractivity contribution in [2.75, 3.05) is 7.11 Å². The Bertz CT molecular complexity index is 318. The van der Waals surface area contributed by atoms with Gasteiger partial charge in [-0.25, -0.2) is 0 Å². The molecule has 1 N–H and O–H groups in total. The average Bonchev–Trinajstić information content (AvgIpc) is 2.33. The molecule has 1 aromatic carbocycles. The summed E-state index contributed by atoms with van der Waals surface area (Å²) in [5.41, 5.74) is 1.30. The number of aliphatic hydroxyl groups is 1. The minimum absolute atomic E-state index is 0.101. The fourth-order valence-corrected chi connectivity index (χ4v) is 2.49. The van der Waals surface area contributed by atoms with Crippen LogP contribution in [-0.2, 0) is 6.42 Å². The Morgan fingerprint density at radius 1 is 1.19 bits per heavy atom. The van der Waals surface area contributed by atoms with Gasteiger partial charge in [-0.3, -0.25) is 0 Å². The lowest BCUT2D eigenvalue weighted by atomic mass is 9.82. The molecule has 0 heterocycles. The maximum absolute atomic E-state index is 9.91.